The Morgan fingerprint density at radius 3 is 2.86 bits per heavy atom. The van der Waals surface area contributed by atoms with Crippen molar-refractivity contribution in [3.8, 4) is 0 Å². The molecule has 3 heterocycles. The number of nitrogens with zero attached hydrogens (tertiary/aromatic N) is 3. The largest absolute Gasteiger partial charge is 0.381 e. The first-order valence-electron chi connectivity index (χ1n) is 11.3. The van der Waals surface area contributed by atoms with Gasteiger partial charge in [0.1, 0.15) is 16.5 Å². The minimum absolute atomic E-state index is 0.807. The Balaban J connectivity index is 1.31. The van der Waals surface area contributed by atoms with Gasteiger partial charge >= 0.3 is 0 Å². The van der Waals surface area contributed by atoms with E-state index in [2.05, 4.69) is 10.2 Å². The van der Waals surface area contributed by atoms with Gasteiger partial charge in [-0.3, -0.25) is 4.90 Å². The molecule has 2 aromatic heterocycles. The van der Waals surface area contributed by atoms with E-state index in [0.29, 0.717) is 0 Å². The van der Waals surface area contributed by atoms with E-state index in [0.717, 1.165) is 76.6 Å². The Labute approximate surface area is 177 Å². The Bertz CT molecular complexity index is 830. The lowest BCUT2D eigenvalue weighted by Gasteiger charge is -2.25. The van der Waals surface area contributed by atoms with Gasteiger partial charge < -0.3 is 14.8 Å². The summed E-state index contributed by atoms with van der Waals surface area (Å²) >= 11 is 1.89. The lowest BCUT2D eigenvalue weighted by molar-refractivity contribution is 0.0331. The number of hydrogen-bond acceptors (Lipinski definition) is 7. The minimum Gasteiger partial charge on any atom is -0.381 e. The summed E-state index contributed by atoms with van der Waals surface area (Å²) < 4.78 is 11.3. The lowest BCUT2D eigenvalue weighted by Crippen LogP contribution is -2.36. The molecule has 7 heteroatoms. The first-order valence-corrected chi connectivity index (χ1v) is 12.1. The van der Waals surface area contributed by atoms with E-state index in [1.165, 1.54) is 59.2 Å². The Morgan fingerprint density at radius 2 is 2.00 bits per heavy atom. The molecule has 2 aromatic rings. The van der Waals surface area contributed by atoms with E-state index < -0.39 is 0 Å². The fraction of sp³-hybridized carbons (Fsp3) is 0.727. The summed E-state index contributed by atoms with van der Waals surface area (Å²) in [6.45, 7) is 7.02. The third-order valence-corrected chi connectivity index (χ3v) is 7.32. The molecule has 6 nitrogen and oxygen atoms in total. The SMILES string of the molecule is C(CNc1nc(CN2CCOCC2)nc2sc3c(c12)CCCC3)COCC1CC1. The van der Waals surface area contributed by atoms with E-state index in [4.69, 9.17) is 19.4 Å². The van der Waals surface area contributed by atoms with Crippen LogP contribution in [0.3, 0.4) is 0 Å². The highest BCUT2D eigenvalue weighted by atomic mass is 32.1. The topological polar surface area (TPSA) is 59.5 Å². The number of thiophene rings is 1. The standard InChI is InChI=1S/C22H32N4O2S/c1-2-5-18-17(4-1)20-21(23-8-3-11-28-15-16-6-7-16)24-19(25-22(20)29-18)14-26-9-12-27-13-10-26/h16H,1-15H2,(H,23,24,25). The number of hydrogen-bond donors (Lipinski definition) is 1. The van der Waals surface area contributed by atoms with Crippen LogP contribution in [-0.2, 0) is 28.9 Å². The van der Waals surface area contributed by atoms with Crippen molar-refractivity contribution in [3.05, 3.63) is 16.3 Å². The molecule has 1 saturated heterocycles. The van der Waals surface area contributed by atoms with Gasteiger partial charge in [0.2, 0.25) is 0 Å². The van der Waals surface area contributed by atoms with Gasteiger partial charge in [-0.1, -0.05) is 0 Å². The highest BCUT2D eigenvalue weighted by Gasteiger charge is 2.23. The van der Waals surface area contributed by atoms with Crippen LogP contribution in [0.2, 0.25) is 0 Å². The minimum atomic E-state index is 0.807. The summed E-state index contributed by atoms with van der Waals surface area (Å²) in [6, 6.07) is 0. The van der Waals surface area contributed by atoms with E-state index in [1.807, 2.05) is 11.3 Å². The van der Waals surface area contributed by atoms with Crippen LogP contribution < -0.4 is 5.32 Å². The molecule has 2 aliphatic carbocycles. The molecular weight excluding hydrogens is 384 g/mol. The van der Waals surface area contributed by atoms with Crippen LogP contribution in [-0.4, -0.2) is 60.9 Å². The molecule has 0 atom stereocenters. The number of aryl methyl sites for hydroxylation is 2. The van der Waals surface area contributed by atoms with Crippen molar-refractivity contribution >= 4 is 27.4 Å². The third kappa shape index (κ3) is 4.90. The summed E-state index contributed by atoms with van der Waals surface area (Å²) in [5, 5.41) is 4.92. The number of ether oxygens (including phenoxy) is 2. The molecule has 3 aliphatic rings. The smallest absolute Gasteiger partial charge is 0.146 e. The van der Waals surface area contributed by atoms with E-state index in [9.17, 15) is 0 Å². The number of anilines is 1. The van der Waals surface area contributed by atoms with E-state index in [-0.39, 0.29) is 0 Å². The van der Waals surface area contributed by atoms with Crippen molar-refractivity contribution < 1.29 is 9.47 Å². The van der Waals surface area contributed by atoms with Crippen molar-refractivity contribution in [2.24, 2.45) is 5.92 Å². The maximum Gasteiger partial charge on any atom is 0.146 e. The average molecular weight is 417 g/mol. The second kappa shape index (κ2) is 9.25. The zero-order chi connectivity index (χ0) is 19.5. The van der Waals surface area contributed by atoms with Crippen LogP contribution >= 0.6 is 11.3 Å². The second-order valence-electron chi connectivity index (χ2n) is 8.57. The number of aromatic nitrogens is 2. The molecule has 29 heavy (non-hydrogen) atoms. The van der Waals surface area contributed by atoms with Crippen molar-refractivity contribution in [1.82, 2.24) is 14.9 Å². The fourth-order valence-electron chi connectivity index (χ4n) is 4.28. The molecule has 0 amide bonds. The van der Waals surface area contributed by atoms with Gasteiger partial charge in [-0.2, -0.15) is 0 Å². The van der Waals surface area contributed by atoms with Gasteiger partial charge in [-0.25, -0.2) is 9.97 Å². The molecule has 1 N–H and O–H groups in total. The van der Waals surface area contributed by atoms with Crippen molar-refractivity contribution in [1.29, 1.82) is 0 Å². The Kier molecular flexibility index (Phi) is 6.27. The highest BCUT2D eigenvalue weighted by molar-refractivity contribution is 7.19. The zero-order valence-corrected chi connectivity index (χ0v) is 18.1. The van der Waals surface area contributed by atoms with Crippen molar-refractivity contribution in [2.75, 3.05) is 51.4 Å². The number of morpholine rings is 1. The van der Waals surface area contributed by atoms with Crippen LogP contribution in [0.25, 0.3) is 10.2 Å². The molecule has 0 spiro atoms. The van der Waals surface area contributed by atoms with Crippen LogP contribution in [0.4, 0.5) is 5.82 Å². The third-order valence-electron chi connectivity index (χ3n) is 6.14. The van der Waals surface area contributed by atoms with Crippen LogP contribution in [0, 0.1) is 5.92 Å². The molecule has 158 valence electrons. The van der Waals surface area contributed by atoms with Crippen LogP contribution in [0.15, 0.2) is 0 Å². The Hall–Kier alpha value is -1.28. The quantitative estimate of drug-likeness (QED) is 0.630. The Morgan fingerprint density at radius 1 is 1.14 bits per heavy atom. The number of rotatable bonds is 9. The first-order chi connectivity index (χ1) is 14.4. The molecule has 0 aromatic carbocycles. The second-order valence-corrected chi connectivity index (χ2v) is 9.65. The average Bonchev–Trinajstić information content (AvgIpc) is 3.49. The summed E-state index contributed by atoms with van der Waals surface area (Å²) in [5.41, 5.74) is 1.50. The predicted octanol–water partition coefficient (Wildman–Crippen LogP) is 3.63. The van der Waals surface area contributed by atoms with Gasteiger partial charge in [-0.15, -0.1) is 11.3 Å². The maximum atomic E-state index is 5.79. The summed E-state index contributed by atoms with van der Waals surface area (Å²) in [7, 11) is 0. The van der Waals surface area contributed by atoms with Crippen molar-refractivity contribution in [3.63, 3.8) is 0 Å². The van der Waals surface area contributed by atoms with Gasteiger partial charge in [0.25, 0.3) is 0 Å². The number of fused-ring (bicyclic) bond motifs is 3. The van der Waals surface area contributed by atoms with Gasteiger partial charge in [-0.05, 0) is 56.4 Å². The lowest BCUT2D eigenvalue weighted by atomic mass is 9.97. The van der Waals surface area contributed by atoms with Gasteiger partial charge in [0.15, 0.2) is 0 Å². The molecule has 0 unspecified atom stereocenters. The highest BCUT2D eigenvalue weighted by Crippen LogP contribution is 2.38. The summed E-state index contributed by atoms with van der Waals surface area (Å²) in [5.74, 6) is 2.81. The normalized spacial score (nSPS) is 20.1. The maximum absolute atomic E-state index is 5.79. The zero-order valence-electron chi connectivity index (χ0n) is 17.3. The van der Waals surface area contributed by atoms with Crippen LogP contribution in [0.1, 0.15) is 48.4 Å². The monoisotopic (exact) mass is 416 g/mol. The van der Waals surface area contributed by atoms with Crippen molar-refractivity contribution in [2.45, 2.75) is 51.5 Å². The molecule has 2 fully saturated rings. The van der Waals surface area contributed by atoms with Gasteiger partial charge in [0, 0.05) is 37.7 Å². The first kappa shape index (κ1) is 19.7. The summed E-state index contributed by atoms with van der Waals surface area (Å²) in [4.78, 5) is 15.1. The predicted molar refractivity (Wildman–Crippen MR) is 117 cm³/mol. The summed E-state index contributed by atoms with van der Waals surface area (Å²) in [6.07, 6.45) is 8.67. The molecule has 0 bridgehead atoms. The van der Waals surface area contributed by atoms with E-state index in [1.54, 1.807) is 0 Å². The van der Waals surface area contributed by atoms with Crippen LogP contribution in [0.5, 0.6) is 0 Å². The molecule has 1 aliphatic heterocycles. The molecule has 5 rings (SSSR count). The molecule has 0 radical (unpaired) electrons. The number of nitrogens with one attached hydrogen (secondary N) is 1. The van der Waals surface area contributed by atoms with Gasteiger partial charge in [0.05, 0.1) is 25.1 Å². The molecular formula is C22H32N4O2S. The molecule has 1 saturated carbocycles. The fourth-order valence-corrected chi connectivity index (χ4v) is 5.56. The van der Waals surface area contributed by atoms with E-state index >= 15 is 0 Å².